The van der Waals surface area contributed by atoms with Crippen LogP contribution in [-0.4, -0.2) is 23.7 Å². The van der Waals surface area contributed by atoms with Crippen LogP contribution in [0.5, 0.6) is 0 Å². The molecule has 0 aromatic rings. The zero-order valence-corrected chi connectivity index (χ0v) is 9.83. The normalized spacial score (nSPS) is 28.7. The van der Waals surface area contributed by atoms with Crippen LogP contribution in [0.25, 0.3) is 0 Å². The first-order valence-corrected chi connectivity index (χ1v) is 6.06. The Kier molecular flexibility index (Phi) is 5.09. The summed E-state index contributed by atoms with van der Waals surface area (Å²) in [7, 11) is 0. The molecule has 1 aliphatic carbocycles. The van der Waals surface area contributed by atoms with Crippen LogP contribution in [0.2, 0.25) is 0 Å². The number of carbonyl (C=O) groups is 1. The predicted octanol–water partition coefficient (Wildman–Crippen LogP) is 2.27. The van der Waals surface area contributed by atoms with Crippen molar-refractivity contribution in [3.63, 3.8) is 0 Å². The summed E-state index contributed by atoms with van der Waals surface area (Å²) in [5.74, 6) is 0.796. The molecule has 2 N–H and O–H groups in total. The molecule has 1 fully saturated rings. The van der Waals surface area contributed by atoms with Gasteiger partial charge in [-0.2, -0.15) is 0 Å². The second-order valence-electron chi connectivity index (χ2n) is 4.81. The van der Waals surface area contributed by atoms with Gasteiger partial charge in [-0.3, -0.25) is 4.79 Å². The van der Waals surface area contributed by atoms with Crippen molar-refractivity contribution in [3.05, 3.63) is 0 Å². The van der Waals surface area contributed by atoms with Gasteiger partial charge >= 0.3 is 5.97 Å². The minimum Gasteiger partial charge on any atom is -0.481 e. The predicted molar refractivity (Wildman–Crippen MR) is 60.8 cm³/mol. The minimum absolute atomic E-state index is 0.228. The maximum Gasteiger partial charge on any atom is 0.304 e. The van der Waals surface area contributed by atoms with Crippen molar-refractivity contribution in [2.45, 2.75) is 52.0 Å². The Balaban J connectivity index is 2.25. The highest BCUT2D eigenvalue weighted by Crippen LogP contribution is 2.31. The third-order valence-electron chi connectivity index (χ3n) is 3.63. The molecular formula is C12H23NO2. The molecule has 3 heteroatoms. The lowest BCUT2D eigenvalue weighted by atomic mass is 9.77. The molecule has 1 saturated carbocycles. The molecule has 0 amide bonds. The monoisotopic (exact) mass is 213 g/mol. The Labute approximate surface area is 92.3 Å². The lowest BCUT2D eigenvalue weighted by Crippen LogP contribution is -2.39. The number of hydrogen-bond acceptors (Lipinski definition) is 2. The SMILES string of the molecule is CC1CCCCC1C(C)NCCC(=O)O. The topological polar surface area (TPSA) is 49.3 Å². The number of hydrogen-bond donors (Lipinski definition) is 2. The Morgan fingerprint density at radius 1 is 1.47 bits per heavy atom. The Hall–Kier alpha value is -0.570. The van der Waals surface area contributed by atoms with Crippen molar-refractivity contribution in [1.82, 2.24) is 5.32 Å². The summed E-state index contributed by atoms with van der Waals surface area (Å²) in [6.45, 7) is 5.10. The maximum atomic E-state index is 10.4. The van der Waals surface area contributed by atoms with Crippen LogP contribution < -0.4 is 5.32 Å². The average Bonchev–Trinajstić information content (AvgIpc) is 2.17. The molecule has 15 heavy (non-hydrogen) atoms. The van der Waals surface area contributed by atoms with E-state index in [1.165, 1.54) is 25.7 Å². The second-order valence-corrected chi connectivity index (χ2v) is 4.81. The number of carboxylic acid groups (broad SMARTS) is 1. The lowest BCUT2D eigenvalue weighted by molar-refractivity contribution is -0.136. The highest BCUT2D eigenvalue weighted by atomic mass is 16.4. The van der Waals surface area contributed by atoms with Gasteiger partial charge in [0.25, 0.3) is 0 Å². The first-order chi connectivity index (χ1) is 7.11. The van der Waals surface area contributed by atoms with E-state index in [0.717, 1.165) is 11.8 Å². The molecule has 3 unspecified atom stereocenters. The summed E-state index contributed by atoms with van der Waals surface area (Å²) in [6.07, 6.45) is 5.54. The van der Waals surface area contributed by atoms with Crippen molar-refractivity contribution in [1.29, 1.82) is 0 Å². The van der Waals surface area contributed by atoms with Gasteiger partial charge in [0, 0.05) is 12.6 Å². The van der Waals surface area contributed by atoms with E-state index in [4.69, 9.17) is 5.11 Å². The highest BCUT2D eigenvalue weighted by Gasteiger charge is 2.25. The standard InChI is InChI=1S/C12H23NO2/c1-9-5-3-4-6-11(9)10(2)13-8-7-12(14)15/h9-11,13H,3-8H2,1-2H3,(H,14,15). The van der Waals surface area contributed by atoms with Gasteiger partial charge in [-0.25, -0.2) is 0 Å². The second kappa shape index (κ2) is 6.11. The summed E-state index contributed by atoms with van der Waals surface area (Å²) >= 11 is 0. The van der Waals surface area contributed by atoms with E-state index in [2.05, 4.69) is 19.2 Å². The van der Waals surface area contributed by atoms with Gasteiger partial charge in [-0.05, 0) is 25.2 Å². The molecule has 88 valence electrons. The zero-order valence-electron chi connectivity index (χ0n) is 9.83. The molecule has 1 rings (SSSR count). The van der Waals surface area contributed by atoms with Gasteiger partial charge < -0.3 is 10.4 Å². The average molecular weight is 213 g/mol. The van der Waals surface area contributed by atoms with Crippen molar-refractivity contribution >= 4 is 5.97 Å². The van der Waals surface area contributed by atoms with Gasteiger partial charge in [0.15, 0.2) is 0 Å². The van der Waals surface area contributed by atoms with Gasteiger partial charge in [0.2, 0.25) is 0 Å². The maximum absolute atomic E-state index is 10.4. The number of aliphatic carboxylic acids is 1. The van der Waals surface area contributed by atoms with Crippen LogP contribution in [0.3, 0.4) is 0 Å². The Bertz CT molecular complexity index is 206. The largest absolute Gasteiger partial charge is 0.481 e. The van der Waals surface area contributed by atoms with Gasteiger partial charge in [0.05, 0.1) is 6.42 Å². The van der Waals surface area contributed by atoms with Crippen molar-refractivity contribution in [2.24, 2.45) is 11.8 Å². The van der Waals surface area contributed by atoms with Crippen LogP contribution in [0, 0.1) is 11.8 Å². The van der Waals surface area contributed by atoms with Crippen molar-refractivity contribution in [3.8, 4) is 0 Å². The fourth-order valence-electron chi connectivity index (χ4n) is 2.65. The highest BCUT2D eigenvalue weighted by molar-refractivity contribution is 5.66. The fraction of sp³-hybridized carbons (Fsp3) is 0.917. The molecule has 0 saturated heterocycles. The number of nitrogens with one attached hydrogen (secondary N) is 1. The van der Waals surface area contributed by atoms with E-state index in [1.54, 1.807) is 0 Å². The molecule has 3 atom stereocenters. The molecule has 0 aromatic carbocycles. The first-order valence-electron chi connectivity index (χ1n) is 6.06. The summed E-state index contributed by atoms with van der Waals surface area (Å²) in [5.41, 5.74) is 0. The van der Waals surface area contributed by atoms with Gasteiger partial charge in [0.1, 0.15) is 0 Å². The van der Waals surface area contributed by atoms with Crippen molar-refractivity contribution in [2.75, 3.05) is 6.54 Å². The van der Waals surface area contributed by atoms with E-state index in [1.807, 2.05) is 0 Å². The quantitative estimate of drug-likeness (QED) is 0.736. The van der Waals surface area contributed by atoms with Crippen molar-refractivity contribution < 1.29 is 9.90 Å². The Morgan fingerprint density at radius 2 is 2.13 bits per heavy atom. The van der Waals surface area contributed by atoms with E-state index in [-0.39, 0.29) is 6.42 Å². The summed E-state index contributed by atoms with van der Waals surface area (Å²) in [4.78, 5) is 10.4. The molecule has 0 spiro atoms. The van der Waals surface area contributed by atoms with Crippen LogP contribution in [0.1, 0.15) is 46.0 Å². The molecule has 0 radical (unpaired) electrons. The summed E-state index contributed by atoms with van der Waals surface area (Å²) < 4.78 is 0. The summed E-state index contributed by atoms with van der Waals surface area (Å²) in [5, 5.41) is 11.9. The first kappa shape index (κ1) is 12.5. The van der Waals surface area contributed by atoms with E-state index >= 15 is 0 Å². The molecule has 3 nitrogen and oxygen atoms in total. The van der Waals surface area contributed by atoms with E-state index in [0.29, 0.717) is 12.6 Å². The van der Waals surface area contributed by atoms with Crippen LogP contribution in [-0.2, 0) is 4.79 Å². The third kappa shape index (κ3) is 4.20. The molecule has 0 bridgehead atoms. The molecule has 1 aliphatic rings. The fourth-order valence-corrected chi connectivity index (χ4v) is 2.65. The number of rotatable bonds is 5. The molecule has 0 aliphatic heterocycles. The lowest BCUT2D eigenvalue weighted by Gasteiger charge is -2.34. The molecule has 0 heterocycles. The van der Waals surface area contributed by atoms with Crippen LogP contribution >= 0.6 is 0 Å². The smallest absolute Gasteiger partial charge is 0.304 e. The molecular weight excluding hydrogens is 190 g/mol. The van der Waals surface area contributed by atoms with E-state index < -0.39 is 5.97 Å². The molecule has 0 aromatic heterocycles. The van der Waals surface area contributed by atoms with Gasteiger partial charge in [-0.15, -0.1) is 0 Å². The van der Waals surface area contributed by atoms with E-state index in [9.17, 15) is 4.79 Å². The zero-order chi connectivity index (χ0) is 11.3. The Morgan fingerprint density at radius 3 is 2.73 bits per heavy atom. The minimum atomic E-state index is -0.716. The van der Waals surface area contributed by atoms with Crippen LogP contribution in [0.15, 0.2) is 0 Å². The number of carboxylic acids is 1. The van der Waals surface area contributed by atoms with Gasteiger partial charge in [-0.1, -0.05) is 26.2 Å². The van der Waals surface area contributed by atoms with Crippen LogP contribution in [0.4, 0.5) is 0 Å². The summed E-state index contributed by atoms with van der Waals surface area (Å²) in [6, 6.07) is 0.458. The third-order valence-corrected chi connectivity index (χ3v) is 3.63.